The molecule has 0 saturated carbocycles. The van der Waals surface area contributed by atoms with Crippen LogP contribution in [0.2, 0.25) is 25.7 Å². The SMILES string of the molecule is C/C=C1\CC(/C=C/C[Si](C)(C)C)N(C(=O)OC(C)(C)C)C1=O. The maximum Gasteiger partial charge on any atom is 0.417 e. The highest BCUT2D eigenvalue weighted by Gasteiger charge is 2.40. The summed E-state index contributed by atoms with van der Waals surface area (Å²) in [5.41, 5.74) is 0.0660. The second-order valence-electron chi connectivity index (χ2n) is 7.93. The fraction of sp³-hybridized carbons (Fsp3) is 0.647. The summed E-state index contributed by atoms with van der Waals surface area (Å²) in [6, 6.07) is 0.801. The van der Waals surface area contributed by atoms with Crippen LogP contribution in [0.3, 0.4) is 0 Å². The maximum atomic E-state index is 12.4. The summed E-state index contributed by atoms with van der Waals surface area (Å²) in [5.74, 6) is -0.237. The van der Waals surface area contributed by atoms with Crippen molar-refractivity contribution in [2.45, 2.75) is 71.4 Å². The van der Waals surface area contributed by atoms with Crippen LogP contribution in [-0.2, 0) is 9.53 Å². The largest absolute Gasteiger partial charge is 0.443 e. The number of hydrogen-bond donors (Lipinski definition) is 0. The van der Waals surface area contributed by atoms with Gasteiger partial charge in [-0.05, 0) is 33.7 Å². The van der Waals surface area contributed by atoms with Gasteiger partial charge in [0.05, 0.1) is 6.04 Å². The molecule has 0 N–H and O–H groups in total. The fourth-order valence-electron chi connectivity index (χ4n) is 2.21. The molecule has 2 amide bonds. The summed E-state index contributed by atoms with van der Waals surface area (Å²) in [7, 11) is -1.18. The van der Waals surface area contributed by atoms with E-state index in [1.165, 1.54) is 4.90 Å². The molecule has 1 atom stereocenters. The predicted octanol–water partition coefficient (Wildman–Crippen LogP) is 4.36. The molecule has 0 aromatic rings. The van der Waals surface area contributed by atoms with Gasteiger partial charge in [-0.2, -0.15) is 0 Å². The molecule has 0 spiro atoms. The maximum absolute atomic E-state index is 12.4. The van der Waals surface area contributed by atoms with Gasteiger partial charge in [-0.25, -0.2) is 9.69 Å². The third kappa shape index (κ3) is 5.44. The smallest absolute Gasteiger partial charge is 0.417 e. The Hall–Kier alpha value is -1.36. The highest BCUT2D eigenvalue weighted by atomic mass is 28.3. The molecule has 0 bridgehead atoms. The third-order valence-electron chi connectivity index (χ3n) is 3.28. The van der Waals surface area contributed by atoms with Gasteiger partial charge >= 0.3 is 6.09 Å². The van der Waals surface area contributed by atoms with Crippen molar-refractivity contribution in [3.05, 3.63) is 23.8 Å². The summed E-state index contributed by atoms with van der Waals surface area (Å²) in [6.45, 7) is 14.1. The zero-order valence-electron chi connectivity index (χ0n) is 14.9. The van der Waals surface area contributed by atoms with E-state index in [-0.39, 0.29) is 11.9 Å². The van der Waals surface area contributed by atoms with Crippen LogP contribution in [0, 0.1) is 0 Å². The van der Waals surface area contributed by atoms with Crippen LogP contribution in [0.1, 0.15) is 34.1 Å². The Morgan fingerprint density at radius 2 is 1.95 bits per heavy atom. The fourth-order valence-corrected chi connectivity index (χ4v) is 3.06. The molecule has 0 radical (unpaired) electrons. The van der Waals surface area contributed by atoms with Crippen molar-refractivity contribution in [2.75, 3.05) is 0 Å². The summed E-state index contributed by atoms with van der Waals surface area (Å²) in [5, 5.41) is 0. The summed E-state index contributed by atoms with van der Waals surface area (Å²) >= 11 is 0. The molecule has 1 aliphatic rings. The van der Waals surface area contributed by atoms with Crippen LogP contribution in [0.5, 0.6) is 0 Å². The van der Waals surface area contributed by atoms with Crippen LogP contribution in [0.4, 0.5) is 4.79 Å². The monoisotopic (exact) mass is 323 g/mol. The van der Waals surface area contributed by atoms with Crippen LogP contribution >= 0.6 is 0 Å². The van der Waals surface area contributed by atoms with Gasteiger partial charge in [0.1, 0.15) is 5.60 Å². The Bertz CT molecular complexity index is 495. The highest BCUT2D eigenvalue weighted by Crippen LogP contribution is 2.27. The second-order valence-corrected chi connectivity index (χ2v) is 13.5. The molecule has 1 unspecified atom stereocenters. The zero-order valence-corrected chi connectivity index (χ0v) is 15.9. The number of hydrogen-bond acceptors (Lipinski definition) is 3. The minimum Gasteiger partial charge on any atom is -0.443 e. The second kappa shape index (κ2) is 6.81. The first-order valence-corrected chi connectivity index (χ1v) is 11.5. The molecule has 0 aromatic heterocycles. The first kappa shape index (κ1) is 18.7. The molecule has 0 aromatic carbocycles. The molecule has 1 heterocycles. The molecule has 1 saturated heterocycles. The molecule has 1 fully saturated rings. The number of allylic oxidation sites excluding steroid dienone is 2. The molecule has 124 valence electrons. The molecule has 1 aliphatic heterocycles. The van der Waals surface area contributed by atoms with Gasteiger partial charge in [-0.15, -0.1) is 0 Å². The van der Waals surface area contributed by atoms with Gasteiger partial charge in [0.25, 0.3) is 5.91 Å². The number of carbonyl (C=O) groups excluding carboxylic acids is 2. The lowest BCUT2D eigenvalue weighted by Crippen LogP contribution is -2.41. The van der Waals surface area contributed by atoms with Gasteiger partial charge in [0, 0.05) is 20.1 Å². The number of amides is 2. The van der Waals surface area contributed by atoms with Crippen molar-refractivity contribution in [3.8, 4) is 0 Å². The van der Waals surface area contributed by atoms with E-state index >= 15 is 0 Å². The Balaban J connectivity index is 2.93. The molecule has 0 aliphatic carbocycles. The standard InChI is InChI=1S/C17H29NO3Si/c1-8-13-12-14(10-9-11-22(5,6)7)18(15(13)19)16(20)21-17(2,3)4/h8-10,14H,11-12H2,1-7H3/b10-9+,13-8+. The lowest BCUT2D eigenvalue weighted by molar-refractivity contribution is -0.124. The predicted molar refractivity (Wildman–Crippen MR) is 92.5 cm³/mol. The molecule has 1 rings (SSSR count). The van der Waals surface area contributed by atoms with Gasteiger partial charge in [0.15, 0.2) is 0 Å². The van der Waals surface area contributed by atoms with Gasteiger partial charge < -0.3 is 4.74 Å². The Labute approximate surface area is 135 Å². The molecule has 5 heteroatoms. The number of nitrogens with zero attached hydrogens (tertiary/aromatic N) is 1. The average molecular weight is 324 g/mol. The number of likely N-dealkylation sites (tertiary alicyclic amines) is 1. The lowest BCUT2D eigenvalue weighted by atomic mass is 10.1. The normalized spacial score (nSPS) is 22.0. The molecule has 4 nitrogen and oxygen atoms in total. The molecular formula is C17H29NO3Si. The van der Waals surface area contributed by atoms with Crippen LogP contribution in [0.15, 0.2) is 23.8 Å². The summed E-state index contributed by atoms with van der Waals surface area (Å²) in [6.07, 6.45) is 5.89. The van der Waals surface area contributed by atoms with E-state index in [9.17, 15) is 9.59 Å². The van der Waals surface area contributed by atoms with Gasteiger partial charge in [-0.1, -0.05) is 37.9 Å². The van der Waals surface area contributed by atoms with Crippen molar-refractivity contribution < 1.29 is 14.3 Å². The van der Waals surface area contributed by atoms with Gasteiger partial charge in [-0.3, -0.25) is 4.79 Å². The quantitative estimate of drug-likeness (QED) is 0.440. The number of carbonyl (C=O) groups is 2. The van der Waals surface area contributed by atoms with Gasteiger partial charge in [0.2, 0.25) is 0 Å². The highest BCUT2D eigenvalue weighted by molar-refractivity contribution is 6.76. The van der Waals surface area contributed by atoms with Crippen molar-refractivity contribution in [3.63, 3.8) is 0 Å². The summed E-state index contributed by atoms with van der Waals surface area (Å²) in [4.78, 5) is 26.0. The van der Waals surface area contributed by atoms with E-state index in [0.717, 1.165) is 6.04 Å². The van der Waals surface area contributed by atoms with Crippen molar-refractivity contribution in [1.29, 1.82) is 0 Å². The first-order chi connectivity index (χ1) is 9.94. The minimum atomic E-state index is -1.18. The number of rotatable bonds is 3. The topological polar surface area (TPSA) is 46.6 Å². The van der Waals surface area contributed by atoms with E-state index < -0.39 is 19.8 Å². The first-order valence-electron chi connectivity index (χ1n) is 7.83. The lowest BCUT2D eigenvalue weighted by Gasteiger charge is -2.26. The Kier molecular flexibility index (Phi) is 5.79. The van der Waals surface area contributed by atoms with E-state index in [2.05, 4.69) is 25.7 Å². The Morgan fingerprint density at radius 3 is 2.41 bits per heavy atom. The minimum absolute atomic E-state index is 0.232. The number of imide groups is 1. The van der Waals surface area contributed by atoms with Crippen molar-refractivity contribution in [2.24, 2.45) is 0 Å². The van der Waals surface area contributed by atoms with Crippen molar-refractivity contribution in [1.82, 2.24) is 4.90 Å². The van der Waals surface area contributed by atoms with Crippen LogP contribution in [0.25, 0.3) is 0 Å². The summed E-state index contributed by atoms with van der Waals surface area (Å²) < 4.78 is 5.38. The van der Waals surface area contributed by atoms with Crippen LogP contribution < -0.4 is 0 Å². The van der Waals surface area contributed by atoms with E-state index in [1.54, 1.807) is 26.8 Å². The van der Waals surface area contributed by atoms with E-state index in [0.29, 0.717) is 12.0 Å². The molecular weight excluding hydrogens is 294 g/mol. The van der Waals surface area contributed by atoms with E-state index in [1.807, 2.05) is 13.0 Å². The van der Waals surface area contributed by atoms with Crippen molar-refractivity contribution >= 4 is 20.1 Å². The van der Waals surface area contributed by atoms with E-state index in [4.69, 9.17) is 4.74 Å². The van der Waals surface area contributed by atoms with Crippen LogP contribution in [-0.4, -0.2) is 36.6 Å². The zero-order chi connectivity index (χ0) is 17.1. The third-order valence-corrected chi connectivity index (χ3v) is 4.74. The number of ether oxygens (including phenoxy) is 1. The Morgan fingerprint density at radius 1 is 1.36 bits per heavy atom. The average Bonchev–Trinajstić information content (AvgIpc) is 2.61. The molecule has 22 heavy (non-hydrogen) atoms.